The third-order valence-corrected chi connectivity index (χ3v) is 8.29. The van der Waals surface area contributed by atoms with E-state index in [0.717, 1.165) is 12.8 Å². The Morgan fingerprint density at radius 2 is 1.72 bits per heavy atom. The van der Waals surface area contributed by atoms with E-state index < -0.39 is 25.3 Å². The molecule has 1 aliphatic heterocycles. The van der Waals surface area contributed by atoms with Crippen LogP contribution >= 0.6 is 0 Å². The van der Waals surface area contributed by atoms with Gasteiger partial charge in [-0.3, -0.25) is 4.79 Å². The molecule has 0 spiro atoms. The molecule has 0 saturated carbocycles. The van der Waals surface area contributed by atoms with Gasteiger partial charge in [0.05, 0.1) is 10.1 Å². The Labute approximate surface area is 174 Å². The second kappa shape index (κ2) is 9.55. The molecule has 8 nitrogen and oxygen atoms in total. The SMILES string of the molecule is CC(C)NS(=O)(=O)c1ccc(C(=O)N2CCC[C@@H](CNS(=O)(=O)C(C)C)C2)cc1. The van der Waals surface area contributed by atoms with Crippen molar-refractivity contribution >= 4 is 26.0 Å². The summed E-state index contributed by atoms with van der Waals surface area (Å²) in [7, 11) is -6.94. The predicted molar refractivity (Wildman–Crippen MR) is 113 cm³/mol. The minimum Gasteiger partial charge on any atom is -0.338 e. The highest BCUT2D eigenvalue weighted by Gasteiger charge is 2.26. The normalized spacial score (nSPS) is 18.4. The van der Waals surface area contributed by atoms with Crippen LogP contribution in [0.5, 0.6) is 0 Å². The van der Waals surface area contributed by atoms with Crippen LogP contribution in [0, 0.1) is 5.92 Å². The number of nitrogens with zero attached hydrogens (tertiary/aromatic N) is 1. The van der Waals surface area contributed by atoms with Crippen molar-refractivity contribution in [3.63, 3.8) is 0 Å². The van der Waals surface area contributed by atoms with Crippen LogP contribution in [0.4, 0.5) is 0 Å². The quantitative estimate of drug-likeness (QED) is 0.630. The highest BCUT2D eigenvalue weighted by atomic mass is 32.2. The highest BCUT2D eigenvalue weighted by Crippen LogP contribution is 2.20. The lowest BCUT2D eigenvalue weighted by molar-refractivity contribution is 0.0676. The lowest BCUT2D eigenvalue weighted by Crippen LogP contribution is -2.44. The van der Waals surface area contributed by atoms with Crippen molar-refractivity contribution in [2.24, 2.45) is 5.92 Å². The molecule has 1 aromatic rings. The largest absolute Gasteiger partial charge is 0.338 e. The first-order valence-corrected chi connectivity index (χ1v) is 12.9. The molecule has 29 heavy (non-hydrogen) atoms. The molecule has 0 aromatic heterocycles. The molecule has 0 radical (unpaired) electrons. The van der Waals surface area contributed by atoms with E-state index in [-0.39, 0.29) is 22.8 Å². The first kappa shape index (κ1) is 23.8. The molecule has 0 bridgehead atoms. The van der Waals surface area contributed by atoms with Gasteiger partial charge in [0, 0.05) is 31.2 Å². The van der Waals surface area contributed by atoms with Gasteiger partial charge >= 0.3 is 0 Å². The number of nitrogens with one attached hydrogen (secondary N) is 2. The van der Waals surface area contributed by atoms with E-state index in [4.69, 9.17) is 0 Å². The average Bonchev–Trinajstić information content (AvgIpc) is 2.65. The molecule has 1 saturated heterocycles. The molecule has 1 aromatic carbocycles. The zero-order chi connectivity index (χ0) is 21.8. The molecule has 2 rings (SSSR count). The molecule has 1 amide bonds. The van der Waals surface area contributed by atoms with Crippen LogP contribution in [0.1, 0.15) is 50.9 Å². The summed E-state index contributed by atoms with van der Waals surface area (Å²) in [5.41, 5.74) is 0.414. The van der Waals surface area contributed by atoms with Gasteiger partial charge in [-0.25, -0.2) is 26.3 Å². The zero-order valence-electron chi connectivity index (χ0n) is 17.4. The van der Waals surface area contributed by atoms with Gasteiger partial charge in [0.1, 0.15) is 0 Å². The van der Waals surface area contributed by atoms with Crippen LogP contribution in [0.25, 0.3) is 0 Å². The second-order valence-corrected chi connectivity index (χ2v) is 12.0. The molecule has 0 unspecified atom stereocenters. The van der Waals surface area contributed by atoms with E-state index in [1.54, 1.807) is 32.6 Å². The number of hydrogen-bond donors (Lipinski definition) is 2. The van der Waals surface area contributed by atoms with Gasteiger partial charge in [0.15, 0.2) is 0 Å². The minimum absolute atomic E-state index is 0.0520. The summed E-state index contributed by atoms with van der Waals surface area (Å²) in [6.07, 6.45) is 1.65. The minimum atomic E-state index is -3.60. The first-order chi connectivity index (χ1) is 13.4. The zero-order valence-corrected chi connectivity index (χ0v) is 19.0. The van der Waals surface area contributed by atoms with Crippen molar-refractivity contribution in [2.75, 3.05) is 19.6 Å². The molecule has 1 aliphatic rings. The van der Waals surface area contributed by atoms with E-state index in [1.807, 2.05) is 0 Å². The number of rotatable bonds is 8. The topological polar surface area (TPSA) is 113 Å². The third-order valence-electron chi connectivity index (χ3n) is 4.80. The van der Waals surface area contributed by atoms with Crippen molar-refractivity contribution in [3.8, 4) is 0 Å². The van der Waals surface area contributed by atoms with Gasteiger partial charge in [0.2, 0.25) is 20.0 Å². The number of hydrogen-bond acceptors (Lipinski definition) is 5. The molecule has 1 heterocycles. The fraction of sp³-hybridized carbons (Fsp3) is 0.632. The van der Waals surface area contributed by atoms with Crippen LogP contribution in [0.2, 0.25) is 0 Å². The maximum absolute atomic E-state index is 12.8. The number of carbonyl (C=O) groups is 1. The standard InChI is InChI=1S/C19H31N3O5S2/c1-14(2)21-29(26,27)18-9-7-17(8-10-18)19(23)22-11-5-6-16(13-22)12-20-28(24,25)15(3)4/h7-10,14-16,20-21H,5-6,11-13H2,1-4H3/t16-/m0/s1. The van der Waals surface area contributed by atoms with E-state index in [0.29, 0.717) is 25.2 Å². The van der Waals surface area contributed by atoms with Gasteiger partial charge in [-0.2, -0.15) is 0 Å². The van der Waals surface area contributed by atoms with Crippen LogP contribution < -0.4 is 9.44 Å². The van der Waals surface area contributed by atoms with Crippen molar-refractivity contribution in [2.45, 2.75) is 56.7 Å². The van der Waals surface area contributed by atoms with Gasteiger partial charge < -0.3 is 4.90 Å². The summed E-state index contributed by atoms with van der Waals surface area (Å²) in [6.45, 7) is 8.10. The summed E-state index contributed by atoms with van der Waals surface area (Å²) in [4.78, 5) is 14.6. The van der Waals surface area contributed by atoms with Crippen molar-refractivity contribution in [3.05, 3.63) is 29.8 Å². The van der Waals surface area contributed by atoms with Crippen LogP contribution in [-0.4, -0.2) is 58.6 Å². The number of carbonyl (C=O) groups excluding carboxylic acids is 1. The number of benzene rings is 1. The van der Waals surface area contributed by atoms with E-state index in [9.17, 15) is 21.6 Å². The highest BCUT2D eigenvalue weighted by molar-refractivity contribution is 7.90. The van der Waals surface area contributed by atoms with Crippen molar-refractivity contribution < 1.29 is 21.6 Å². The smallest absolute Gasteiger partial charge is 0.253 e. The Hall–Kier alpha value is -1.49. The van der Waals surface area contributed by atoms with E-state index in [1.165, 1.54) is 24.3 Å². The summed E-state index contributed by atoms with van der Waals surface area (Å²) >= 11 is 0. The average molecular weight is 446 g/mol. The van der Waals surface area contributed by atoms with Crippen LogP contribution in [-0.2, 0) is 20.0 Å². The number of amides is 1. The van der Waals surface area contributed by atoms with Crippen LogP contribution in [0.3, 0.4) is 0 Å². The summed E-state index contributed by atoms with van der Waals surface area (Å²) in [5, 5.41) is -0.496. The van der Waals surface area contributed by atoms with E-state index in [2.05, 4.69) is 9.44 Å². The Morgan fingerprint density at radius 1 is 1.10 bits per heavy atom. The molecular formula is C19H31N3O5S2. The molecular weight excluding hydrogens is 414 g/mol. The van der Waals surface area contributed by atoms with Gasteiger partial charge in [-0.1, -0.05) is 0 Å². The summed E-state index contributed by atoms with van der Waals surface area (Å²) in [6, 6.07) is 5.66. The summed E-state index contributed by atoms with van der Waals surface area (Å²) in [5.74, 6) is -0.127. The van der Waals surface area contributed by atoms with Crippen molar-refractivity contribution in [1.29, 1.82) is 0 Å². The van der Waals surface area contributed by atoms with Gasteiger partial charge in [-0.05, 0) is 70.7 Å². The van der Waals surface area contributed by atoms with Crippen LogP contribution in [0.15, 0.2) is 29.2 Å². The molecule has 2 N–H and O–H groups in total. The number of sulfonamides is 2. The van der Waals surface area contributed by atoms with Gasteiger partial charge in [-0.15, -0.1) is 0 Å². The number of piperidine rings is 1. The Balaban J connectivity index is 2.02. The molecule has 1 atom stereocenters. The monoisotopic (exact) mass is 445 g/mol. The Bertz CT molecular complexity index is 910. The lowest BCUT2D eigenvalue weighted by Gasteiger charge is -2.33. The second-order valence-electron chi connectivity index (χ2n) is 8.00. The Kier molecular flexibility index (Phi) is 7.83. The number of likely N-dealkylation sites (tertiary alicyclic amines) is 1. The molecule has 0 aliphatic carbocycles. The molecule has 1 fully saturated rings. The maximum Gasteiger partial charge on any atom is 0.253 e. The Morgan fingerprint density at radius 3 is 2.28 bits per heavy atom. The van der Waals surface area contributed by atoms with Crippen molar-refractivity contribution in [1.82, 2.24) is 14.3 Å². The molecule has 164 valence electrons. The molecule has 10 heteroatoms. The summed E-state index contributed by atoms with van der Waals surface area (Å²) < 4.78 is 53.4. The first-order valence-electron chi connectivity index (χ1n) is 9.82. The fourth-order valence-corrected chi connectivity index (χ4v) is 5.21. The maximum atomic E-state index is 12.8. The fourth-order valence-electron chi connectivity index (χ4n) is 3.15. The van der Waals surface area contributed by atoms with E-state index >= 15 is 0 Å². The lowest BCUT2D eigenvalue weighted by atomic mass is 9.97. The van der Waals surface area contributed by atoms with Gasteiger partial charge in [0.25, 0.3) is 5.91 Å². The third kappa shape index (κ3) is 6.50. The predicted octanol–water partition coefficient (Wildman–Crippen LogP) is 1.55.